The number of hydrogen-bond acceptors (Lipinski definition) is 2. The Bertz CT molecular complexity index is 421. The summed E-state index contributed by atoms with van der Waals surface area (Å²) < 4.78 is 0. The lowest BCUT2D eigenvalue weighted by atomic mass is 10.2. The Morgan fingerprint density at radius 3 is 2.86 bits per heavy atom. The van der Waals surface area contributed by atoms with Crippen molar-refractivity contribution in [2.75, 3.05) is 0 Å². The Kier molecular flexibility index (Phi) is 2.55. The van der Waals surface area contributed by atoms with Crippen LogP contribution in [0.2, 0.25) is 0 Å². The van der Waals surface area contributed by atoms with E-state index in [1.165, 1.54) is 15.3 Å². The maximum Gasteiger partial charge on any atom is 0.0345 e. The zero-order valence-corrected chi connectivity index (χ0v) is 8.97. The summed E-state index contributed by atoms with van der Waals surface area (Å²) in [6.07, 6.45) is 9.18. The zero-order chi connectivity index (χ0) is 9.97. The van der Waals surface area contributed by atoms with Crippen LogP contribution in [0.15, 0.2) is 42.1 Å². The lowest BCUT2D eigenvalue weighted by Gasteiger charge is -1.94. The molecule has 1 aromatic rings. The predicted octanol–water partition coefficient (Wildman–Crippen LogP) is 3.24. The fraction of sp³-hybridized carbons (Fsp3) is 0.167. The molecule has 72 valence electrons. The van der Waals surface area contributed by atoms with E-state index in [9.17, 15) is 0 Å². The number of rotatable bonds is 1. The van der Waals surface area contributed by atoms with Gasteiger partial charge in [0.1, 0.15) is 0 Å². The van der Waals surface area contributed by atoms with Gasteiger partial charge in [-0.2, -0.15) is 0 Å². The first-order chi connectivity index (χ1) is 6.75. The topological polar surface area (TPSA) is 26.0 Å². The molecule has 0 aliphatic heterocycles. The van der Waals surface area contributed by atoms with Gasteiger partial charge in [-0.05, 0) is 30.7 Å². The molecule has 0 bridgehead atoms. The Balaban J connectivity index is 2.35. The number of allylic oxidation sites excluding steroid dienone is 5. The molecule has 0 spiro atoms. The fourth-order valence-electron chi connectivity index (χ4n) is 1.40. The second-order valence-corrected chi connectivity index (χ2v) is 4.67. The van der Waals surface area contributed by atoms with Gasteiger partial charge < -0.3 is 5.73 Å². The molecule has 0 aromatic carbocycles. The molecule has 0 amide bonds. The van der Waals surface area contributed by atoms with Crippen molar-refractivity contribution in [3.05, 3.63) is 51.9 Å². The zero-order valence-electron chi connectivity index (χ0n) is 8.16. The van der Waals surface area contributed by atoms with Crippen LogP contribution in [-0.4, -0.2) is 0 Å². The molecule has 2 heteroatoms. The molecule has 0 radical (unpaired) electrons. The van der Waals surface area contributed by atoms with E-state index in [4.69, 9.17) is 5.73 Å². The van der Waals surface area contributed by atoms with Crippen molar-refractivity contribution >= 4 is 16.9 Å². The third-order valence-corrected chi connectivity index (χ3v) is 3.20. The van der Waals surface area contributed by atoms with Gasteiger partial charge in [0, 0.05) is 21.9 Å². The quantitative estimate of drug-likeness (QED) is 0.745. The minimum absolute atomic E-state index is 0.852. The molecule has 1 aromatic heterocycles. The van der Waals surface area contributed by atoms with Crippen molar-refractivity contribution in [3.8, 4) is 0 Å². The molecule has 1 heterocycles. The first-order valence-electron chi connectivity index (χ1n) is 4.65. The Labute approximate surface area is 88.3 Å². The molecule has 1 nitrogen and oxygen atoms in total. The minimum atomic E-state index is 0.852. The molecule has 2 N–H and O–H groups in total. The summed E-state index contributed by atoms with van der Waals surface area (Å²) in [6, 6.07) is 4.30. The maximum absolute atomic E-state index is 5.75. The van der Waals surface area contributed by atoms with Crippen molar-refractivity contribution in [1.82, 2.24) is 0 Å². The molecular weight excluding hydrogens is 190 g/mol. The van der Waals surface area contributed by atoms with Gasteiger partial charge in [-0.15, -0.1) is 11.3 Å². The van der Waals surface area contributed by atoms with Crippen LogP contribution >= 0.6 is 11.3 Å². The maximum atomic E-state index is 5.75. The van der Waals surface area contributed by atoms with E-state index in [-0.39, 0.29) is 0 Å². The van der Waals surface area contributed by atoms with Gasteiger partial charge in [0.25, 0.3) is 0 Å². The SMILES string of the molecule is Cc1ccc(C2=CC=C(N)CC=C2)s1. The average molecular weight is 203 g/mol. The summed E-state index contributed by atoms with van der Waals surface area (Å²) in [7, 11) is 0. The normalized spacial score (nSPS) is 16.1. The van der Waals surface area contributed by atoms with Gasteiger partial charge >= 0.3 is 0 Å². The second-order valence-electron chi connectivity index (χ2n) is 3.38. The van der Waals surface area contributed by atoms with Crippen LogP contribution < -0.4 is 5.73 Å². The summed E-state index contributed by atoms with van der Waals surface area (Å²) in [5.41, 5.74) is 7.92. The van der Waals surface area contributed by atoms with E-state index in [0.29, 0.717) is 0 Å². The number of aryl methyl sites for hydroxylation is 1. The third-order valence-electron chi connectivity index (χ3n) is 2.15. The van der Waals surface area contributed by atoms with Gasteiger partial charge in [0.05, 0.1) is 0 Å². The van der Waals surface area contributed by atoms with Crippen molar-refractivity contribution in [1.29, 1.82) is 0 Å². The predicted molar refractivity (Wildman–Crippen MR) is 63.1 cm³/mol. The summed E-state index contributed by atoms with van der Waals surface area (Å²) in [5, 5.41) is 0. The Hall–Kier alpha value is -1.28. The van der Waals surface area contributed by atoms with Crippen molar-refractivity contribution < 1.29 is 0 Å². The molecule has 2 rings (SSSR count). The molecule has 1 aliphatic carbocycles. The van der Waals surface area contributed by atoms with E-state index in [2.05, 4.69) is 37.3 Å². The van der Waals surface area contributed by atoms with Crippen LogP contribution in [0.5, 0.6) is 0 Å². The van der Waals surface area contributed by atoms with Gasteiger partial charge in [0.2, 0.25) is 0 Å². The van der Waals surface area contributed by atoms with Gasteiger partial charge in [-0.1, -0.05) is 18.2 Å². The molecular formula is C12H13NS. The molecule has 0 unspecified atom stereocenters. The molecule has 0 atom stereocenters. The van der Waals surface area contributed by atoms with Crippen molar-refractivity contribution in [2.45, 2.75) is 13.3 Å². The third kappa shape index (κ3) is 1.96. The van der Waals surface area contributed by atoms with Crippen LogP contribution in [0.4, 0.5) is 0 Å². The highest BCUT2D eigenvalue weighted by molar-refractivity contribution is 7.13. The fourth-order valence-corrected chi connectivity index (χ4v) is 2.27. The highest BCUT2D eigenvalue weighted by Crippen LogP contribution is 2.26. The summed E-state index contributed by atoms with van der Waals surface area (Å²) >= 11 is 1.82. The van der Waals surface area contributed by atoms with E-state index >= 15 is 0 Å². The highest BCUT2D eigenvalue weighted by atomic mass is 32.1. The lowest BCUT2D eigenvalue weighted by Crippen LogP contribution is -1.92. The monoisotopic (exact) mass is 203 g/mol. The van der Waals surface area contributed by atoms with Gasteiger partial charge in [-0.25, -0.2) is 0 Å². The van der Waals surface area contributed by atoms with Crippen LogP contribution in [0.1, 0.15) is 16.2 Å². The van der Waals surface area contributed by atoms with Gasteiger partial charge in [-0.3, -0.25) is 0 Å². The molecule has 14 heavy (non-hydrogen) atoms. The van der Waals surface area contributed by atoms with E-state index in [1.807, 2.05) is 17.4 Å². The van der Waals surface area contributed by atoms with E-state index in [0.717, 1.165) is 12.1 Å². The van der Waals surface area contributed by atoms with Crippen molar-refractivity contribution in [2.24, 2.45) is 5.73 Å². The molecule has 1 aliphatic rings. The minimum Gasteiger partial charge on any atom is -0.402 e. The molecule has 0 saturated carbocycles. The summed E-state index contributed by atoms with van der Waals surface area (Å²) in [4.78, 5) is 2.65. The first-order valence-corrected chi connectivity index (χ1v) is 5.47. The lowest BCUT2D eigenvalue weighted by molar-refractivity contribution is 1.17. The average Bonchev–Trinajstić information content (AvgIpc) is 2.46. The smallest absolute Gasteiger partial charge is 0.0345 e. The van der Waals surface area contributed by atoms with Crippen LogP contribution in [0.25, 0.3) is 5.57 Å². The Morgan fingerprint density at radius 1 is 1.29 bits per heavy atom. The summed E-state index contributed by atoms with van der Waals surface area (Å²) in [5.74, 6) is 0. The van der Waals surface area contributed by atoms with Crippen LogP contribution in [0, 0.1) is 6.92 Å². The number of nitrogens with two attached hydrogens (primary N) is 1. The largest absolute Gasteiger partial charge is 0.402 e. The number of thiophene rings is 1. The second kappa shape index (κ2) is 3.84. The number of hydrogen-bond donors (Lipinski definition) is 1. The van der Waals surface area contributed by atoms with Crippen LogP contribution in [-0.2, 0) is 0 Å². The highest BCUT2D eigenvalue weighted by Gasteiger charge is 2.02. The summed E-state index contributed by atoms with van der Waals surface area (Å²) in [6.45, 7) is 2.12. The Morgan fingerprint density at radius 2 is 2.14 bits per heavy atom. The van der Waals surface area contributed by atoms with Crippen molar-refractivity contribution in [3.63, 3.8) is 0 Å². The van der Waals surface area contributed by atoms with E-state index < -0.39 is 0 Å². The van der Waals surface area contributed by atoms with Gasteiger partial charge in [0.15, 0.2) is 0 Å². The standard InChI is InChI=1S/C12H13NS/c1-9-5-8-12(14-9)10-3-2-4-11(13)7-6-10/h2-3,5-8H,4,13H2,1H3. The van der Waals surface area contributed by atoms with E-state index in [1.54, 1.807) is 0 Å². The molecule has 0 saturated heterocycles. The van der Waals surface area contributed by atoms with Crippen LogP contribution in [0.3, 0.4) is 0 Å². The first kappa shape index (κ1) is 9.28. The molecule has 0 fully saturated rings.